The molecule has 2 nitrogen and oxygen atoms in total. The molecule has 0 aromatic rings. The summed E-state index contributed by atoms with van der Waals surface area (Å²) < 4.78 is 0. The number of hydrogen-bond donors (Lipinski definition) is 0. The molecule has 14 heavy (non-hydrogen) atoms. The molecule has 1 radical (unpaired) electrons. The van der Waals surface area contributed by atoms with Gasteiger partial charge < -0.3 is 10.2 Å². The molecule has 0 aliphatic carbocycles. The van der Waals surface area contributed by atoms with Crippen LogP contribution in [-0.2, 0) is 22.4 Å². The van der Waals surface area contributed by atoms with Crippen LogP contribution in [-0.4, -0.2) is 38.1 Å². The summed E-state index contributed by atoms with van der Waals surface area (Å²) in [5.41, 5.74) is 0.474. The molecule has 1 rings (SSSR count). The third-order valence-electron chi connectivity index (χ3n) is 3.26. The van der Waals surface area contributed by atoms with Crippen molar-refractivity contribution in [2.75, 3.05) is 27.2 Å². The van der Waals surface area contributed by atoms with Crippen LogP contribution in [0, 0.1) is 5.41 Å². The average molecular weight is 364 g/mol. The Kier molecular flexibility index (Phi) is 6.58. The first-order valence-corrected chi connectivity index (χ1v) is 5.33. The van der Waals surface area contributed by atoms with Crippen molar-refractivity contribution in [2.24, 2.45) is 5.41 Å². The number of piperidine rings is 1. The summed E-state index contributed by atoms with van der Waals surface area (Å²) in [7, 11) is 4.32. The van der Waals surface area contributed by atoms with Gasteiger partial charge in [0.05, 0.1) is 0 Å². The Bertz CT molecular complexity index is 153. The van der Waals surface area contributed by atoms with Crippen LogP contribution in [0.5, 0.6) is 0 Å². The van der Waals surface area contributed by atoms with E-state index in [1.54, 1.807) is 0 Å². The minimum absolute atomic E-state index is 0. The van der Waals surface area contributed by atoms with Crippen LogP contribution in [0.15, 0.2) is 0 Å². The molecular formula is C11H23N2Ta-. The molecule has 1 heterocycles. The molecule has 0 saturated carbocycles. The Morgan fingerprint density at radius 2 is 2.07 bits per heavy atom. The largest absolute Gasteiger partial charge is 0.662 e. The Labute approximate surface area is 104 Å². The van der Waals surface area contributed by atoms with Gasteiger partial charge in [0.2, 0.25) is 0 Å². The molecule has 1 aliphatic heterocycles. The van der Waals surface area contributed by atoms with Gasteiger partial charge in [-0.2, -0.15) is 0 Å². The molecule has 83 valence electrons. The van der Waals surface area contributed by atoms with Crippen molar-refractivity contribution in [1.29, 1.82) is 0 Å². The topological polar surface area (TPSA) is 17.3 Å². The number of rotatable bonds is 3. The van der Waals surface area contributed by atoms with Gasteiger partial charge in [-0.05, 0) is 32.9 Å². The van der Waals surface area contributed by atoms with Gasteiger partial charge in [0.1, 0.15) is 0 Å². The normalized spacial score (nSPS) is 29.8. The first-order chi connectivity index (χ1) is 6.03. The van der Waals surface area contributed by atoms with Crippen LogP contribution in [0.4, 0.5) is 0 Å². The van der Waals surface area contributed by atoms with Gasteiger partial charge in [-0.3, -0.25) is 0 Å². The van der Waals surface area contributed by atoms with Crippen molar-refractivity contribution in [3.05, 3.63) is 5.32 Å². The van der Waals surface area contributed by atoms with Crippen molar-refractivity contribution in [3.63, 3.8) is 0 Å². The van der Waals surface area contributed by atoms with Gasteiger partial charge in [0, 0.05) is 28.4 Å². The first-order valence-electron chi connectivity index (χ1n) is 5.33. The first kappa shape index (κ1) is 14.7. The van der Waals surface area contributed by atoms with E-state index >= 15 is 0 Å². The zero-order chi connectivity index (χ0) is 9.90. The number of nitrogens with zero attached hydrogens (tertiary/aromatic N) is 2. The van der Waals surface area contributed by atoms with E-state index < -0.39 is 0 Å². The summed E-state index contributed by atoms with van der Waals surface area (Å²) in [6.45, 7) is 6.85. The molecule has 1 aliphatic rings. The van der Waals surface area contributed by atoms with E-state index in [9.17, 15) is 0 Å². The zero-order valence-electron chi connectivity index (χ0n) is 9.95. The van der Waals surface area contributed by atoms with E-state index in [1.807, 2.05) is 0 Å². The van der Waals surface area contributed by atoms with Crippen LogP contribution in [0.2, 0.25) is 0 Å². The SMILES string of the molecule is CC(C[C@]1(C)CCC[N-]C1)N(C)C.[Ta]. The molecule has 2 atom stereocenters. The molecule has 0 N–H and O–H groups in total. The van der Waals surface area contributed by atoms with Crippen LogP contribution < -0.4 is 0 Å². The van der Waals surface area contributed by atoms with Gasteiger partial charge in [0.15, 0.2) is 0 Å². The molecule has 0 spiro atoms. The van der Waals surface area contributed by atoms with Gasteiger partial charge in [-0.25, -0.2) is 0 Å². The van der Waals surface area contributed by atoms with E-state index in [0.717, 1.165) is 13.1 Å². The third kappa shape index (κ3) is 4.45. The van der Waals surface area contributed by atoms with Gasteiger partial charge in [0.25, 0.3) is 0 Å². The van der Waals surface area contributed by atoms with Crippen molar-refractivity contribution >= 4 is 0 Å². The summed E-state index contributed by atoms with van der Waals surface area (Å²) in [4.78, 5) is 2.31. The van der Waals surface area contributed by atoms with E-state index in [1.165, 1.54) is 19.3 Å². The van der Waals surface area contributed by atoms with Crippen molar-refractivity contribution in [3.8, 4) is 0 Å². The smallest absolute Gasteiger partial charge is 0.00654 e. The fourth-order valence-electron chi connectivity index (χ4n) is 2.11. The molecule has 0 amide bonds. The van der Waals surface area contributed by atoms with Gasteiger partial charge in [-0.1, -0.05) is 19.8 Å². The summed E-state index contributed by atoms with van der Waals surface area (Å²) >= 11 is 0. The molecule has 1 unspecified atom stereocenters. The fraction of sp³-hybridized carbons (Fsp3) is 1.00. The maximum Gasteiger partial charge on any atom is 0.00654 e. The Morgan fingerprint density at radius 1 is 1.43 bits per heavy atom. The maximum atomic E-state index is 4.52. The molecule has 1 fully saturated rings. The molecule has 0 aromatic heterocycles. The molecule has 3 heteroatoms. The molecule has 1 saturated heterocycles. The second-order valence-electron chi connectivity index (χ2n) is 5.04. The summed E-state index contributed by atoms with van der Waals surface area (Å²) in [6.07, 6.45) is 3.93. The third-order valence-corrected chi connectivity index (χ3v) is 3.26. The summed E-state index contributed by atoms with van der Waals surface area (Å²) in [5.74, 6) is 0. The van der Waals surface area contributed by atoms with Gasteiger partial charge >= 0.3 is 0 Å². The Hall–Kier alpha value is 0.660. The summed E-state index contributed by atoms with van der Waals surface area (Å²) in [6, 6.07) is 0.679. The standard InChI is InChI=1S/C11H23N2.Ta/c1-10(13(3)4)8-11(2)6-5-7-12-9-11;/h10H,5-9H2,1-4H3;/q-1;/t10?,11-;/m0./s1. The van der Waals surface area contributed by atoms with E-state index in [-0.39, 0.29) is 22.4 Å². The van der Waals surface area contributed by atoms with E-state index in [2.05, 4.69) is 38.2 Å². The number of hydrogen-bond acceptors (Lipinski definition) is 1. The monoisotopic (exact) mass is 364 g/mol. The van der Waals surface area contributed by atoms with Crippen molar-refractivity contribution < 1.29 is 22.4 Å². The van der Waals surface area contributed by atoms with E-state index in [0.29, 0.717) is 11.5 Å². The van der Waals surface area contributed by atoms with E-state index in [4.69, 9.17) is 0 Å². The van der Waals surface area contributed by atoms with Crippen molar-refractivity contribution in [1.82, 2.24) is 4.90 Å². The van der Waals surface area contributed by atoms with Crippen molar-refractivity contribution in [2.45, 2.75) is 39.2 Å². The quantitative estimate of drug-likeness (QED) is 0.752. The van der Waals surface area contributed by atoms with Crippen LogP contribution in [0.1, 0.15) is 33.1 Å². The van der Waals surface area contributed by atoms with Crippen LogP contribution in [0.3, 0.4) is 0 Å². The predicted octanol–water partition coefficient (Wildman–Crippen LogP) is 2.50. The zero-order valence-corrected chi connectivity index (χ0v) is 13.2. The Morgan fingerprint density at radius 3 is 2.50 bits per heavy atom. The van der Waals surface area contributed by atoms with Crippen LogP contribution in [0.25, 0.3) is 5.32 Å². The maximum absolute atomic E-state index is 4.52. The Balaban J connectivity index is 0.00000169. The van der Waals surface area contributed by atoms with Gasteiger partial charge in [-0.15, -0.1) is 13.1 Å². The second-order valence-corrected chi connectivity index (χ2v) is 5.04. The average Bonchev–Trinajstić information content (AvgIpc) is 2.04. The predicted molar refractivity (Wildman–Crippen MR) is 58.2 cm³/mol. The van der Waals surface area contributed by atoms with Crippen LogP contribution >= 0.6 is 0 Å². The minimum atomic E-state index is 0. The minimum Gasteiger partial charge on any atom is -0.662 e. The molecule has 0 aromatic carbocycles. The molecule has 0 bridgehead atoms. The summed E-state index contributed by atoms with van der Waals surface area (Å²) in [5, 5.41) is 4.52. The second kappa shape index (κ2) is 6.29. The molecular weight excluding hydrogens is 341 g/mol. The fourth-order valence-corrected chi connectivity index (χ4v) is 2.11.